The van der Waals surface area contributed by atoms with E-state index in [2.05, 4.69) is 15.9 Å². The van der Waals surface area contributed by atoms with E-state index in [4.69, 9.17) is 4.74 Å². The van der Waals surface area contributed by atoms with E-state index in [1.807, 2.05) is 29.0 Å². The summed E-state index contributed by atoms with van der Waals surface area (Å²) in [5.74, 6) is -1.18. The summed E-state index contributed by atoms with van der Waals surface area (Å²) in [6.07, 6.45) is 3.54. The van der Waals surface area contributed by atoms with Gasteiger partial charge in [-0.15, -0.1) is 0 Å². The number of carbonyl (C=O) groups is 2. The second-order valence-corrected chi connectivity index (χ2v) is 9.99. The number of hydrogen-bond acceptors (Lipinski definition) is 4. The van der Waals surface area contributed by atoms with E-state index in [-0.39, 0.29) is 29.4 Å². The summed E-state index contributed by atoms with van der Waals surface area (Å²) in [7, 11) is 0. The molecule has 36 heavy (non-hydrogen) atoms. The molecule has 1 aromatic heterocycles. The molecular weight excluding hydrogens is 550 g/mol. The Labute approximate surface area is 218 Å². The predicted molar refractivity (Wildman–Crippen MR) is 139 cm³/mol. The van der Waals surface area contributed by atoms with Crippen molar-refractivity contribution < 1.29 is 23.1 Å². The fraction of sp³-hybridized carbons (Fsp3) is 0.111. The number of rotatable bonds is 7. The topological polar surface area (TPSA) is 51.5 Å². The summed E-state index contributed by atoms with van der Waals surface area (Å²) in [5.41, 5.74) is 1.91. The summed E-state index contributed by atoms with van der Waals surface area (Å²) < 4.78 is 36.4. The van der Waals surface area contributed by atoms with E-state index in [1.165, 1.54) is 12.1 Å². The van der Waals surface area contributed by atoms with Crippen molar-refractivity contribution in [1.82, 2.24) is 9.47 Å². The Morgan fingerprint density at radius 2 is 1.72 bits per heavy atom. The van der Waals surface area contributed by atoms with Crippen molar-refractivity contribution in [3.8, 4) is 5.75 Å². The van der Waals surface area contributed by atoms with Gasteiger partial charge in [0.2, 0.25) is 0 Å². The molecule has 5 rings (SSSR count). The molecule has 2 heterocycles. The molecule has 0 spiro atoms. The molecule has 0 bridgehead atoms. The molecule has 0 radical (unpaired) electrons. The van der Waals surface area contributed by atoms with Crippen LogP contribution in [0.4, 0.5) is 13.6 Å². The van der Waals surface area contributed by atoms with Crippen LogP contribution in [0.5, 0.6) is 5.75 Å². The number of nitrogens with zero attached hydrogens (tertiary/aromatic N) is 2. The van der Waals surface area contributed by atoms with Crippen LogP contribution in [-0.2, 0) is 17.9 Å². The van der Waals surface area contributed by atoms with E-state index >= 15 is 0 Å². The van der Waals surface area contributed by atoms with Crippen molar-refractivity contribution >= 4 is 55.8 Å². The third-order valence-corrected chi connectivity index (χ3v) is 7.15. The summed E-state index contributed by atoms with van der Waals surface area (Å²) >= 11 is 4.32. The number of imide groups is 1. The molecule has 1 aliphatic rings. The number of fused-ring (bicyclic) bond motifs is 1. The normalized spacial score (nSPS) is 14.9. The van der Waals surface area contributed by atoms with Crippen LogP contribution < -0.4 is 4.74 Å². The van der Waals surface area contributed by atoms with Crippen molar-refractivity contribution in [2.45, 2.75) is 13.1 Å². The van der Waals surface area contributed by atoms with Gasteiger partial charge in [0.05, 0.1) is 18.0 Å². The van der Waals surface area contributed by atoms with Crippen molar-refractivity contribution in [3.05, 3.63) is 105 Å². The summed E-state index contributed by atoms with van der Waals surface area (Å²) in [4.78, 5) is 26.9. The van der Waals surface area contributed by atoms with Gasteiger partial charge in [-0.2, -0.15) is 0 Å². The van der Waals surface area contributed by atoms with Crippen molar-refractivity contribution in [2.24, 2.45) is 0 Å². The van der Waals surface area contributed by atoms with Crippen molar-refractivity contribution in [3.63, 3.8) is 0 Å². The number of halogens is 3. The quantitative estimate of drug-likeness (QED) is 0.225. The monoisotopic (exact) mass is 568 g/mol. The highest BCUT2D eigenvalue weighted by molar-refractivity contribution is 9.10. The van der Waals surface area contributed by atoms with Gasteiger partial charge in [-0.3, -0.25) is 14.5 Å². The van der Waals surface area contributed by atoms with Gasteiger partial charge in [0.15, 0.2) is 11.6 Å². The third-order valence-electron chi connectivity index (χ3n) is 5.75. The maximum atomic E-state index is 14.1. The number of aromatic nitrogens is 1. The van der Waals surface area contributed by atoms with Gasteiger partial charge in [0.1, 0.15) is 12.4 Å². The molecule has 0 aliphatic carbocycles. The van der Waals surface area contributed by atoms with E-state index in [9.17, 15) is 18.4 Å². The molecule has 9 heteroatoms. The highest BCUT2D eigenvalue weighted by Gasteiger charge is 2.35. The Bertz CT molecular complexity index is 1520. The lowest BCUT2D eigenvalue weighted by Gasteiger charge is -2.12. The molecule has 4 aromatic rings. The molecule has 0 N–H and O–H groups in total. The standard InChI is InChI=1S/C27H19BrF2N2O3S/c28-19-9-10-23-20(14-19)18(15-31(23)11-12-35-24-8-4-3-7-22(24)30)13-25-26(33)32(27(34)36-25)16-17-5-1-2-6-21(17)29/h1-10,13-15H,11-12,16H2/b25-13-. The first-order chi connectivity index (χ1) is 17.4. The SMILES string of the molecule is O=C1S/C(=C\c2cn(CCOc3ccccc3F)c3ccc(Br)cc23)C(=O)N1Cc1ccccc1F. The predicted octanol–water partition coefficient (Wildman–Crippen LogP) is 7.00. The first-order valence-electron chi connectivity index (χ1n) is 11.1. The van der Waals surface area contributed by atoms with E-state index < -0.39 is 22.8 Å². The zero-order valence-corrected chi connectivity index (χ0v) is 21.2. The number of hydrogen-bond donors (Lipinski definition) is 0. The summed E-state index contributed by atoms with van der Waals surface area (Å²) in [6, 6.07) is 18.1. The number of amides is 2. The minimum atomic E-state index is -0.467. The lowest BCUT2D eigenvalue weighted by molar-refractivity contribution is -0.123. The van der Waals surface area contributed by atoms with Crippen LogP contribution >= 0.6 is 27.7 Å². The maximum Gasteiger partial charge on any atom is 0.293 e. The molecule has 1 fully saturated rings. The average Bonchev–Trinajstić information content (AvgIpc) is 3.33. The van der Waals surface area contributed by atoms with Crippen LogP contribution in [0, 0.1) is 11.6 Å². The van der Waals surface area contributed by atoms with Gasteiger partial charge in [-0.25, -0.2) is 8.78 Å². The first-order valence-corrected chi connectivity index (χ1v) is 12.7. The molecular formula is C27H19BrF2N2O3S. The minimum absolute atomic E-state index is 0.130. The fourth-order valence-electron chi connectivity index (χ4n) is 3.99. The van der Waals surface area contributed by atoms with E-state index in [0.29, 0.717) is 6.54 Å². The van der Waals surface area contributed by atoms with Crippen LogP contribution in [0.15, 0.2) is 82.3 Å². The molecule has 1 saturated heterocycles. The smallest absolute Gasteiger partial charge is 0.293 e. The Kier molecular flexibility index (Phi) is 6.93. The molecule has 0 unspecified atom stereocenters. The number of para-hydroxylation sites is 1. The molecule has 0 atom stereocenters. The van der Waals surface area contributed by atoms with E-state index in [0.717, 1.165) is 37.6 Å². The van der Waals surface area contributed by atoms with Gasteiger partial charge < -0.3 is 9.30 Å². The van der Waals surface area contributed by atoms with Crippen LogP contribution in [0.25, 0.3) is 17.0 Å². The average molecular weight is 569 g/mol. The van der Waals surface area contributed by atoms with Crippen LogP contribution in [0.2, 0.25) is 0 Å². The summed E-state index contributed by atoms with van der Waals surface area (Å²) in [5, 5.41) is 0.425. The second kappa shape index (κ2) is 10.3. The second-order valence-electron chi connectivity index (χ2n) is 8.08. The van der Waals surface area contributed by atoms with Crippen molar-refractivity contribution in [1.29, 1.82) is 0 Å². The first kappa shape index (κ1) is 24.3. The maximum absolute atomic E-state index is 14.1. The van der Waals surface area contributed by atoms with Crippen LogP contribution in [0.3, 0.4) is 0 Å². The zero-order valence-electron chi connectivity index (χ0n) is 18.8. The Morgan fingerprint density at radius 1 is 0.972 bits per heavy atom. The Balaban J connectivity index is 1.40. The van der Waals surface area contributed by atoms with E-state index in [1.54, 1.807) is 42.5 Å². The van der Waals surface area contributed by atoms with Crippen LogP contribution in [0.1, 0.15) is 11.1 Å². The lowest BCUT2D eigenvalue weighted by atomic mass is 10.1. The summed E-state index contributed by atoms with van der Waals surface area (Å²) in [6.45, 7) is 0.545. The Morgan fingerprint density at radius 3 is 2.50 bits per heavy atom. The third kappa shape index (κ3) is 4.94. The number of carbonyl (C=O) groups excluding carboxylic acids is 2. The van der Waals surface area contributed by atoms with Gasteiger partial charge in [-0.05, 0) is 54.2 Å². The number of ether oxygens (including phenoxy) is 1. The Hall–Kier alpha value is -3.43. The molecule has 3 aromatic carbocycles. The van der Waals surface area contributed by atoms with Gasteiger partial charge in [0.25, 0.3) is 11.1 Å². The van der Waals surface area contributed by atoms with Gasteiger partial charge >= 0.3 is 0 Å². The molecule has 1 aliphatic heterocycles. The number of thioether (sulfide) groups is 1. The van der Waals surface area contributed by atoms with Gasteiger partial charge in [0, 0.05) is 32.7 Å². The zero-order chi connectivity index (χ0) is 25.2. The molecule has 5 nitrogen and oxygen atoms in total. The fourth-order valence-corrected chi connectivity index (χ4v) is 5.18. The molecule has 182 valence electrons. The van der Waals surface area contributed by atoms with Gasteiger partial charge in [-0.1, -0.05) is 46.3 Å². The minimum Gasteiger partial charge on any atom is -0.489 e. The molecule has 2 amide bonds. The van der Waals surface area contributed by atoms with Crippen molar-refractivity contribution in [2.75, 3.05) is 6.61 Å². The van der Waals surface area contributed by atoms with Crippen LogP contribution in [-0.4, -0.2) is 27.2 Å². The highest BCUT2D eigenvalue weighted by Crippen LogP contribution is 2.35. The lowest BCUT2D eigenvalue weighted by Crippen LogP contribution is -2.27. The number of benzene rings is 3. The highest BCUT2D eigenvalue weighted by atomic mass is 79.9. The molecule has 0 saturated carbocycles. The largest absolute Gasteiger partial charge is 0.489 e.